The van der Waals surface area contributed by atoms with E-state index in [9.17, 15) is 0 Å². The summed E-state index contributed by atoms with van der Waals surface area (Å²) in [7, 11) is 0. The molecule has 0 radical (unpaired) electrons. The zero-order valence-electron chi connectivity index (χ0n) is 10.7. The van der Waals surface area contributed by atoms with Crippen molar-refractivity contribution < 1.29 is 0 Å². The SMILES string of the molecule is Cc1ccc(SCc2c(N)sc3ccccc23)cc1. The summed E-state index contributed by atoms with van der Waals surface area (Å²) < 4.78 is 1.28. The second-order valence-corrected chi connectivity index (χ2v) is 6.68. The number of thiophene rings is 1. The maximum Gasteiger partial charge on any atom is 0.0910 e. The Balaban J connectivity index is 1.85. The van der Waals surface area contributed by atoms with Crippen LogP contribution in [0.5, 0.6) is 0 Å². The zero-order valence-corrected chi connectivity index (χ0v) is 12.4. The van der Waals surface area contributed by atoms with Gasteiger partial charge in [-0.25, -0.2) is 0 Å². The summed E-state index contributed by atoms with van der Waals surface area (Å²) in [6, 6.07) is 17.1. The van der Waals surface area contributed by atoms with Gasteiger partial charge in [-0.3, -0.25) is 0 Å². The van der Waals surface area contributed by atoms with E-state index in [1.807, 2.05) is 11.8 Å². The summed E-state index contributed by atoms with van der Waals surface area (Å²) in [6.07, 6.45) is 0. The van der Waals surface area contributed by atoms with E-state index in [4.69, 9.17) is 5.73 Å². The lowest BCUT2D eigenvalue weighted by atomic mass is 10.2. The molecule has 0 aliphatic heterocycles. The first kappa shape index (κ1) is 12.6. The number of anilines is 1. The molecule has 0 unspecified atom stereocenters. The maximum atomic E-state index is 6.15. The first-order valence-electron chi connectivity index (χ1n) is 6.19. The molecule has 3 aromatic rings. The Kier molecular flexibility index (Phi) is 3.49. The number of hydrogen-bond donors (Lipinski definition) is 1. The van der Waals surface area contributed by atoms with Gasteiger partial charge in [-0.1, -0.05) is 35.9 Å². The Morgan fingerprint density at radius 3 is 2.58 bits per heavy atom. The fraction of sp³-hybridized carbons (Fsp3) is 0.125. The minimum Gasteiger partial charge on any atom is -0.390 e. The van der Waals surface area contributed by atoms with Crippen molar-refractivity contribution in [1.82, 2.24) is 0 Å². The van der Waals surface area contributed by atoms with Gasteiger partial charge in [-0.2, -0.15) is 0 Å². The molecule has 3 heteroatoms. The lowest BCUT2D eigenvalue weighted by Crippen LogP contribution is -1.87. The molecule has 0 fully saturated rings. The maximum absolute atomic E-state index is 6.15. The Hall–Kier alpha value is -1.45. The highest BCUT2D eigenvalue weighted by Crippen LogP contribution is 2.37. The molecule has 0 amide bonds. The van der Waals surface area contributed by atoms with E-state index < -0.39 is 0 Å². The van der Waals surface area contributed by atoms with E-state index in [-0.39, 0.29) is 0 Å². The predicted molar refractivity (Wildman–Crippen MR) is 87.0 cm³/mol. The van der Waals surface area contributed by atoms with E-state index in [0.717, 1.165) is 10.8 Å². The van der Waals surface area contributed by atoms with Crippen molar-refractivity contribution in [1.29, 1.82) is 0 Å². The molecule has 0 saturated carbocycles. The normalized spacial score (nSPS) is 11.0. The number of nitrogen functional groups attached to an aromatic ring is 1. The number of aryl methyl sites for hydroxylation is 1. The van der Waals surface area contributed by atoms with Crippen molar-refractivity contribution in [3.63, 3.8) is 0 Å². The van der Waals surface area contributed by atoms with Gasteiger partial charge >= 0.3 is 0 Å². The Bertz CT molecular complexity index is 698. The lowest BCUT2D eigenvalue weighted by Gasteiger charge is -2.03. The number of nitrogens with two attached hydrogens (primary N) is 1. The standard InChI is InChI=1S/C16H15NS2/c1-11-6-8-12(9-7-11)18-10-14-13-4-2-3-5-15(13)19-16(14)17/h2-9H,10,17H2,1H3. The highest BCUT2D eigenvalue weighted by atomic mass is 32.2. The Morgan fingerprint density at radius 2 is 1.79 bits per heavy atom. The van der Waals surface area contributed by atoms with Gasteiger partial charge in [-0.05, 0) is 30.5 Å². The third kappa shape index (κ3) is 2.62. The van der Waals surface area contributed by atoms with Gasteiger partial charge in [-0.15, -0.1) is 23.1 Å². The van der Waals surface area contributed by atoms with Crippen LogP contribution < -0.4 is 5.73 Å². The van der Waals surface area contributed by atoms with Gasteiger partial charge in [0.25, 0.3) is 0 Å². The zero-order chi connectivity index (χ0) is 13.2. The summed E-state index contributed by atoms with van der Waals surface area (Å²) in [5.41, 5.74) is 8.71. The molecule has 0 saturated heterocycles. The molecular formula is C16H15NS2. The molecule has 1 nitrogen and oxygen atoms in total. The second-order valence-electron chi connectivity index (χ2n) is 4.54. The fourth-order valence-electron chi connectivity index (χ4n) is 2.06. The molecule has 2 aromatic carbocycles. The fourth-order valence-corrected chi connectivity index (χ4v) is 4.09. The highest BCUT2D eigenvalue weighted by molar-refractivity contribution is 7.98. The van der Waals surface area contributed by atoms with Crippen LogP contribution in [0.15, 0.2) is 53.4 Å². The quantitative estimate of drug-likeness (QED) is 0.679. The minimum absolute atomic E-state index is 0.929. The van der Waals surface area contributed by atoms with Gasteiger partial charge in [0, 0.05) is 20.9 Å². The number of hydrogen-bond acceptors (Lipinski definition) is 3. The number of fused-ring (bicyclic) bond motifs is 1. The number of benzene rings is 2. The third-order valence-corrected chi connectivity index (χ3v) is 5.21. The van der Waals surface area contributed by atoms with Crippen molar-refractivity contribution >= 4 is 38.2 Å². The van der Waals surface area contributed by atoms with Crippen LogP contribution in [0, 0.1) is 6.92 Å². The molecule has 0 atom stereocenters. The first-order valence-corrected chi connectivity index (χ1v) is 7.99. The van der Waals surface area contributed by atoms with Crippen molar-refractivity contribution in [2.75, 3.05) is 5.73 Å². The molecule has 1 aromatic heterocycles. The predicted octanol–water partition coefficient (Wildman–Crippen LogP) is 5.08. The van der Waals surface area contributed by atoms with Crippen LogP contribution in [0.2, 0.25) is 0 Å². The van der Waals surface area contributed by atoms with Crippen LogP contribution in [0.1, 0.15) is 11.1 Å². The van der Waals surface area contributed by atoms with E-state index in [1.165, 1.54) is 26.1 Å². The van der Waals surface area contributed by atoms with E-state index in [0.29, 0.717) is 0 Å². The minimum atomic E-state index is 0.929. The smallest absolute Gasteiger partial charge is 0.0910 e. The molecule has 2 N–H and O–H groups in total. The third-order valence-electron chi connectivity index (χ3n) is 3.13. The van der Waals surface area contributed by atoms with Crippen LogP contribution in [0.4, 0.5) is 5.00 Å². The largest absolute Gasteiger partial charge is 0.390 e. The van der Waals surface area contributed by atoms with Crippen LogP contribution in [-0.4, -0.2) is 0 Å². The van der Waals surface area contributed by atoms with Crippen LogP contribution >= 0.6 is 23.1 Å². The molecule has 96 valence electrons. The molecule has 0 spiro atoms. The van der Waals surface area contributed by atoms with E-state index >= 15 is 0 Å². The monoisotopic (exact) mass is 285 g/mol. The van der Waals surface area contributed by atoms with Crippen molar-refractivity contribution in [3.05, 3.63) is 59.7 Å². The van der Waals surface area contributed by atoms with E-state index in [1.54, 1.807) is 11.3 Å². The van der Waals surface area contributed by atoms with Crippen molar-refractivity contribution in [2.45, 2.75) is 17.6 Å². The Morgan fingerprint density at radius 1 is 1.05 bits per heavy atom. The number of rotatable bonds is 3. The summed E-state index contributed by atoms with van der Waals surface area (Å²) >= 11 is 3.52. The molecule has 19 heavy (non-hydrogen) atoms. The molecule has 1 heterocycles. The number of thioether (sulfide) groups is 1. The molecule has 0 aliphatic rings. The van der Waals surface area contributed by atoms with Gasteiger partial charge in [0.05, 0.1) is 5.00 Å². The van der Waals surface area contributed by atoms with Crippen LogP contribution in [0.25, 0.3) is 10.1 Å². The molecular weight excluding hydrogens is 270 g/mol. The second kappa shape index (κ2) is 5.27. The van der Waals surface area contributed by atoms with Gasteiger partial charge in [0.1, 0.15) is 0 Å². The topological polar surface area (TPSA) is 26.0 Å². The van der Waals surface area contributed by atoms with E-state index in [2.05, 4.69) is 55.5 Å². The first-order chi connectivity index (χ1) is 9.24. The molecule has 3 rings (SSSR count). The summed E-state index contributed by atoms with van der Waals surface area (Å²) in [6.45, 7) is 2.11. The Labute approximate surface area is 121 Å². The van der Waals surface area contributed by atoms with Crippen molar-refractivity contribution in [2.24, 2.45) is 0 Å². The summed E-state index contributed by atoms with van der Waals surface area (Å²) in [5.74, 6) is 0.929. The van der Waals surface area contributed by atoms with Crippen molar-refractivity contribution in [3.8, 4) is 0 Å². The van der Waals surface area contributed by atoms with Gasteiger partial charge in [0.2, 0.25) is 0 Å². The summed E-state index contributed by atoms with van der Waals surface area (Å²) in [4.78, 5) is 1.29. The summed E-state index contributed by atoms with van der Waals surface area (Å²) in [5, 5.41) is 2.24. The van der Waals surface area contributed by atoms with Crippen LogP contribution in [-0.2, 0) is 5.75 Å². The average molecular weight is 285 g/mol. The molecule has 0 aliphatic carbocycles. The van der Waals surface area contributed by atoms with Crippen LogP contribution in [0.3, 0.4) is 0 Å². The average Bonchev–Trinajstić information content (AvgIpc) is 2.74. The molecule has 0 bridgehead atoms. The van der Waals surface area contributed by atoms with Gasteiger partial charge in [0.15, 0.2) is 0 Å². The highest BCUT2D eigenvalue weighted by Gasteiger charge is 2.09. The van der Waals surface area contributed by atoms with Gasteiger partial charge < -0.3 is 5.73 Å². The lowest BCUT2D eigenvalue weighted by molar-refractivity contribution is 1.36.